The molecule has 0 aliphatic carbocycles. The number of halogens is 1. The van der Waals surface area contributed by atoms with Crippen molar-refractivity contribution >= 4 is 80.7 Å². The summed E-state index contributed by atoms with van der Waals surface area (Å²) in [4.78, 5) is 52.2. The standard InChI is InChI=1S/C19H16ClN9O5S3/c1-34-26-12(8-6-37-19(21)23-8)15(30)25-13-16(31)28-14(18(32)33)7(5-36-17(13)28)4-35-11-2-9(20)24-10-3-22-27-29(10)11/h2-3,6,13,17H,4-5H2,1H3,(H2,21,23)(H,25,30)(H,32,33)/b26-12-/t13-,17-/m1/s1. The minimum absolute atomic E-state index is 0.111. The fourth-order valence-electron chi connectivity index (χ4n) is 3.73. The largest absolute Gasteiger partial charge is 0.477 e. The molecule has 2 aliphatic heterocycles. The second-order valence-corrected chi connectivity index (χ2v) is 10.9. The summed E-state index contributed by atoms with van der Waals surface area (Å²) in [5.41, 5.74) is 6.57. The topological polar surface area (TPSA) is 190 Å². The molecule has 3 aromatic rings. The molecule has 14 nitrogen and oxygen atoms in total. The molecular weight excluding hydrogens is 566 g/mol. The zero-order chi connectivity index (χ0) is 26.3. The number of aromatic nitrogens is 5. The number of thiazole rings is 1. The minimum atomic E-state index is -1.24. The summed E-state index contributed by atoms with van der Waals surface area (Å²) in [5.74, 6) is -1.90. The van der Waals surface area contributed by atoms with Crippen LogP contribution in [0.4, 0.5) is 5.13 Å². The summed E-state index contributed by atoms with van der Waals surface area (Å²) in [6.45, 7) is 0. The van der Waals surface area contributed by atoms with E-state index in [9.17, 15) is 19.5 Å². The zero-order valence-corrected chi connectivity index (χ0v) is 21.9. The number of anilines is 1. The van der Waals surface area contributed by atoms with Crippen LogP contribution in [0.5, 0.6) is 0 Å². The molecule has 3 aromatic heterocycles. The first-order valence-corrected chi connectivity index (χ1v) is 13.6. The molecule has 0 aromatic carbocycles. The molecule has 18 heteroatoms. The molecule has 2 aliphatic rings. The third-order valence-corrected chi connectivity index (χ3v) is 8.58. The number of β-lactam (4-membered cyclic amide) rings is 1. The Balaban J connectivity index is 1.33. The van der Waals surface area contributed by atoms with Gasteiger partial charge in [0.05, 0.1) is 6.20 Å². The van der Waals surface area contributed by atoms with E-state index < -0.39 is 29.2 Å². The number of carboxylic acids is 1. The normalized spacial score (nSPS) is 19.6. The predicted octanol–water partition coefficient (Wildman–Crippen LogP) is 0.698. The number of fused-ring (bicyclic) bond motifs is 2. The number of nitrogens with two attached hydrogens (primary N) is 1. The molecule has 1 fully saturated rings. The third kappa shape index (κ3) is 4.70. The number of hydrogen-bond acceptors (Lipinski definition) is 13. The molecular formula is C19H16ClN9O5S3. The maximum absolute atomic E-state index is 13.0. The Morgan fingerprint density at radius 3 is 2.95 bits per heavy atom. The van der Waals surface area contributed by atoms with Crippen LogP contribution in [0.3, 0.4) is 0 Å². The number of carbonyl (C=O) groups is 3. The van der Waals surface area contributed by atoms with Gasteiger partial charge in [-0.15, -0.1) is 40.0 Å². The van der Waals surface area contributed by atoms with Gasteiger partial charge in [0.15, 0.2) is 16.5 Å². The first-order valence-electron chi connectivity index (χ1n) is 10.3. The highest BCUT2D eigenvalue weighted by atomic mass is 35.5. The summed E-state index contributed by atoms with van der Waals surface area (Å²) >= 11 is 9.83. The third-order valence-electron chi connectivity index (χ3n) is 5.30. The highest BCUT2D eigenvalue weighted by Gasteiger charge is 2.54. The van der Waals surface area contributed by atoms with E-state index in [1.807, 2.05) is 0 Å². The summed E-state index contributed by atoms with van der Waals surface area (Å²) in [7, 11) is 1.27. The van der Waals surface area contributed by atoms with Crippen LogP contribution in [0, 0.1) is 0 Å². The van der Waals surface area contributed by atoms with Crippen molar-refractivity contribution in [2.45, 2.75) is 16.4 Å². The lowest BCUT2D eigenvalue weighted by Gasteiger charge is -2.49. The Bertz CT molecular complexity index is 1490. The molecule has 0 unspecified atom stereocenters. The average molecular weight is 582 g/mol. The number of oxime groups is 1. The quantitative estimate of drug-likeness (QED) is 0.111. The highest BCUT2D eigenvalue weighted by Crippen LogP contribution is 2.41. The number of nitrogen functional groups attached to an aromatic ring is 1. The van der Waals surface area contributed by atoms with Gasteiger partial charge in [0.25, 0.3) is 11.8 Å². The number of hydrogen-bond donors (Lipinski definition) is 3. The maximum atomic E-state index is 13.0. The van der Waals surface area contributed by atoms with Gasteiger partial charge in [-0.05, 0) is 5.57 Å². The van der Waals surface area contributed by atoms with E-state index in [0.29, 0.717) is 22.0 Å². The van der Waals surface area contributed by atoms with Crippen molar-refractivity contribution in [3.63, 3.8) is 0 Å². The van der Waals surface area contributed by atoms with Gasteiger partial charge in [-0.3, -0.25) is 14.5 Å². The molecule has 5 heterocycles. The Hall–Kier alpha value is -3.41. The van der Waals surface area contributed by atoms with Crippen molar-refractivity contribution in [2.75, 3.05) is 24.3 Å². The van der Waals surface area contributed by atoms with Gasteiger partial charge < -0.3 is 21.0 Å². The Kier molecular flexibility index (Phi) is 6.93. The second kappa shape index (κ2) is 10.2. The molecule has 2 atom stereocenters. The first-order chi connectivity index (χ1) is 17.8. The smallest absolute Gasteiger partial charge is 0.352 e. The van der Waals surface area contributed by atoms with Crippen LogP contribution >= 0.6 is 46.5 Å². The van der Waals surface area contributed by atoms with E-state index in [-0.39, 0.29) is 33.1 Å². The van der Waals surface area contributed by atoms with Gasteiger partial charge in [0.1, 0.15) is 40.1 Å². The van der Waals surface area contributed by atoms with E-state index in [2.05, 4.69) is 30.8 Å². The van der Waals surface area contributed by atoms with Crippen molar-refractivity contribution in [3.8, 4) is 0 Å². The van der Waals surface area contributed by atoms with E-state index in [0.717, 1.165) is 11.3 Å². The van der Waals surface area contributed by atoms with Crippen LogP contribution in [0.1, 0.15) is 5.69 Å². The number of thioether (sulfide) groups is 2. The number of nitrogens with one attached hydrogen (secondary N) is 1. The lowest BCUT2D eigenvalue weighted by atomic mass is 10.0. The SMILES string of the molecule is CO/N=C(\C(=O)N[C@@H]1C(=O)N2C(C(=O)O)=C(CSc3cc(Cl)nc4cnnn34)CS[C@H]12)c1csc(N)n1. The van der Waals surface area contributed by atoms with Crippen LogP contribution in [0.2, 0.25) is 5.15 Å². The number of carbonyl (C=O) groups excluding carboxylic acids is 2. The monoisotopic (exact) mass is 581 g/mol. The van der Waals surface area contributed by atoms with Crippen LogP contribution in [0.15, 0.2) is 39.1 Å². The summed E-state index contributed by atoms with van der Waals surface area (Å²) in [5, 5.41) is 26.1. The van der Waals surface area contributed by atoms with E-state index in [1.165, 1.54) is 51.6 Å². The van der Waals surface area contributed by atoms with Gasteiger partial charge in [0, 0.05) is 23.0 Å². The van der Waals surface area contributed by atoms with Crippen molar-refractivity contribution in [3.05, 3.63) is 39.8 Å². The molecule has 0 spiro atoms. The van der Waals surface area contributed by atoms with E-state index in [4.69, 9.17) is 22.2 Å². The predicted molar refractivity (Wildman–Crippen MR) is 136 cm³/mol. The molecule has 5 rings (SSSR count). The minimum Gasteiger partial charge on any atom is -0.477 e. The Labute approximate surface area is 225 Å². The number of rotatable bonds is 8. The number of carboxylic acid groups (broad SMARTS) is 1. The molecule has 0 saturated carbocycles. The summed E-state index contributed by atoms with van der Waals surface area (Å²) in [6.07, 6.45) is 1.46. The van der Waals surface area contributed by atoms with Gasteiger partial charge in [-0.25, -0.2) is 14.8 Å². The lowest BCUT2D eigenvalue weighted by molar-refractivity contribution is -0.150. The van der Waals surface area contributed by atoms with Gasteiger partial charge in [0.2, 0.25) is 0 Å². The van der Waals surface area contributed by atoms with Crippen molar-refractivity contribution in [1.29, 1.82) is 0 Å². The molecule has 2 amide bonds. The highest BCUT2D eigenvalue weighted by molar-refractivity contribution is 8.01. The van der Waals surface area contributed by atoms with Crippen LogP contribution in [0.25, 0.3) is 5.65 Å². The fraction of sp³-hybridized carbons (Fsp3) is 0.263. The van der Waals surface area contributed by atoms with Crippen LogP contribution in [-0.2, 0) is 19.2 Å². The second-order valence-electron chi connectivity index (χ2n) is 7.52. The van der Waals surface area contributed by atoms with Gasteiger partial charge >= 0.3 is 5.97 Å². The summed E-state index contributed by atoms with van der Waals surface area (Å²) < 4.78 is 1.49. The van der Waals surface area contributed by atoms with E-state index in [1.54, 1.807) is 6.07 Å². The Morgan fingerprint density at radius 2 is 2.24 bits per heavy atom. The lowest BCUT2D eigenvalue weighted by Crippen LogP contribution is -2.71. The van der Waals surface area contributed by atoms with E-state index >= 15 is 0 Å². The van der Waals surface area contributed by atoms with Crippen molar-refractivity contribution in [2.24, 2.45) is 5.16 Å². The van der Waals surface area contributed by atoms with Crippen molar-refractivity contribution < 1.29 is 24.3 Å². The van der Waals surface area contributed by atoms with Crippen molar-refractivity contribution in [1.82, 2.24) is 35.0 Å². The molecule has 0 bridgehead atoms. The number of amides is 2. The molecule has 1 saturated heterocycles. The summed E-state index contributed by atoms with van der Waals surface area (Å²) in [6, 6.07) is 0.649. The zero-order valence-electron chi connectivity index (χ0n) is 18.7. The van der Waals surface area contributed by atoms with Gasteiger partial charge in [-0.1, -0.05) is 22.0 Å². The molecule has 0 radical (unpaired) electrons. The maximum Gasteiger partial charge on any atom is 0.352 e. The molecule has 37 heavy (non-hydrogen) atoms. The Morgan fingerprint density at radius 1 is 1.43 bits per heavy atom. The van der Waals surface area contributed by atoms with Gasteiger partial charge in [-0.2, -0.15) is 4.52 Å². The molecule has 4 N–H and O–H groups in total. The fourth-order valence-corrected chi connectivity index (χ4v) is 7.01. The van der Waals surface area contributed by atoms with Crippen LogP contribution < -0.4 is 11.1 Å². The molecule has 192 valence electrons. The first kappa shape index (κ1) is 25.2. The number of aliphatic carboxylic acids is 1. The average Bonchev–Trinajstić information content (AvgIpc) is 3.52. The number of nitrogens with zero attached hydrogens (tertiary/aromatic N) is 7. The van der Waals surface area contributed by atoms with Crippen LogP contribution in [-0.4, -0.2) is 88.3 Å².